The summed E-state index contributed by atoms with van der Waals surface area (Å²) in [5.74, 6) is -1.34. The average Bonchev–Trinajstić information content (AvgIpc) is 2.49. The van der Waals surface area contributed by atoms with E-state index in [9.17, 15) is 9.59 Å². The maximum Gasteiger partial charge on any atom is 0.328 e. The number of rotatable bonds is 14. The molecule has 5 nitrogen and oxygen atoms in total. The molecule has 0 heterocycles. The lowest BCUT2D eigenvalue weighted by molar-refractivity contribution is -0.141. The SMILES string of the molecule is CCCCCCCCCCCC(=O)NC(CN=C=S)C(=O)O. The zero-order chi connectivity index (χ0) is 16.6. The molecule has 0 saturated carbocycles. The van der Waals surface area contributed by atoms with Crippen LogP contribution in [0.25, 0.3) is 0 Å². The number of carbonyl (C=O) groups excluding carboxylic acids is 1. The molecule has 0 aliphatic rings. The van der Waals surface area contributed by atoms with Gasteiger partial charge in [0.1, 0.15) is 6.04 Å². The second-order valence-corrected chi connectivity index (χ2v) is 5.65. The second-order valence-electron chi connectivity index (χ2n) is 5.47. The molecule has 0 saturated heterocycles. The summed E-state index contributed by atoms with van der Waals surface area (Å²) in [6.07, 6.45) is 11.0. The van der Waals surface area contributed by atoms with Gasteiger partial charge in [-0.3, -0.25) is 4.79 Å². The number of nitrogens with zero attached hydrogens (tertiary/aromatic N) is 1. The number of carboxylic acids is 1. The molecule has 126 valence electrons. The molecule has 0 rings (SSSR count). The molecule has 0 spiro atoms. The molecule has 2 N–H and O–H groups in total. The Hall–Kier alpha value is -1.26. The molecule has 0 aliphatic heterocycles. The van der Waals surface area contributed by atoms with E-state index in [0.717, 1.165) is 19.3 Å². The summed E-state index contributed by atoms with van der Waals surface area (Å²) in [6.45, 7) is 2.14. The molecule has 6 heteroatoms. The standard InChI is InChI=1S/C16H28N2O3S/c1-2-3-4-5-6-7-8-9-10-11-15(19)18-14(16(20)21)12-17-13-22/h14H,2-12H2,1H3,(H,18,19)(H,20,21). The number of nitrogens with one attached hydrogen (secondary N) is 1. The Bertz CT molecular complexity index is 368. The fraction of sp³-hybridized carbons (Fsp3) is 0.812. The number of hydrogen-bond acceptors (Lipinski definition) is 4. The first kappa shape index (κ1) is 20.7. The third kappa shape index (κ3) is 12.5. The van der Waals surface area contributed by atoms with E-state index in [0.29, 0.717) is 6.42 Å². The molecule has 0 bridgehead atoms. The van der Waals surface area contributed by atoms with E-state index in [2.05, 4.69) is 34.6 Å². The first-order valence-corrected chi connectivity index (χ1v) is 8.58. The van der Waals surface area contributed by atoms with Crippen LogP contribution >= 0.6 is 12.2 Å². The van der Waals surface area contributed by atoms with Crippen LogP contribution in [-0.2, 0) is 9.59 Å². The number of unbranched alkanes of at least 4 members (excludes halogenated alkanes) is 8. The van der Waals surface area contributed by atoms with Crippen molar-refractivity contribution in [3.8, 4) is 0 Å². The zero-order valence-corrected chi connectivity index (χ0v) is 14.3. The average molecular weight is 328 g/mol. The summed E-state index contributed by atoms with van der Waals surface area (Å²) in [5.41, 5.74) is 0. The van der Waals surface area contributed by atoms with Crippen molar-refractivity contribution >= 4 is 29.3 Å². The smallest absolute Gasteiger partial charge is 0.328 e. The lowest BCUT2D eigenvalue weighted by Crippen LogP contribution is -2.42. The van der Waals surface area contributed by atoms with E-state index in [1.54, 1.807) is 0 Å². The number of thiocarbonyl (C=S) groups is 1. The Balaban J connectivity index is 3.63. The number of carboxylic acid groups (broad SMARTS) is 1. The maximum absolute atomic E-state index is 11.7. The quantitative estimate of drug-likeness (QED) is 0.290. The summed E-state index contributed by atoms with van der Waals surface area (Å²) in [5, 5.41) is 13.5. The highest BCUT2D eigenvalue weighted by Gasteiger charge is 2.18. The van der Waals surface area contributed by atoms with Gasteiger partial charge in [0, 0.05) is 6.42 Å². The lowest BCUT2D eigenvalue weighted by Gasteiger charge is -2.11. The minimum atomic E-state index is -1.10. The molecule has 0 aromatic carbocycles. The van der Waals surface area contributed by atoms with Crippen molar-refractivity contribution in [3.05, 3.63) is 0 Å². The first-order valence-electron chi connectivity index (χ1n) is 8.17. The van der Waals surface area contributed by atoms with Crippen molar-refractivity contribution < 1.29 is 14.7 Å². The lowest BCUT2D eigenvalue weighted by atomic mass is 10.1. The highest BCUT2D eigenvalue weighted by atomic mass is 32.1. The minimum absolute atomic E-state index is 0.0671. The van der Waals surface area contributed by atoms with Gasteiger partial charge < -0.3 is 10.4 Å². The minimum Gasteiger partial charge on any atom is -0.480 e. The van der Waals surface area contributed by atoms with Gasteiger partial charge in [0.15, 0.2) is 0 Å². The van der Waals surface area contributed by atoms with Gasteiger partial charge in [-0.15, -0.1) is 0 Å². The predicted molar refractivity (Wildman–Crippen MR) is 91.3 cm³/mol. The van der Waals surface area contributed by atoms with Crippen LogP contribution < -0.4 is 5.32 Å². The van der Waals surface area contributed by atoms with Gasteiger partial charge in [0.25, 0.3) is 0 Å². The Morgan fingerprint density at radius 3 is 2.14 bits per heavy atom. The Labute approximate surface area is 138 Å². The van der Waals surface area contributed by atoms with Crippen molar-refractivity contribution in [2.45, 2.75) is 77.2 Å². The molecular weight excluding hydrogens is 300 g/mol. The molecule has 0 radical (unpaired) electrons. The Kier molecular flexibility index (Phi) is 13.8. The number of aliphatic imine (C=N–C) groups is 1. The van der Waals surface area contributed by atoms with Crippen LogP contribution in [-0.4, -0.2) is 34.7 Å². The summed E-state index contributed by atoms with van der Waals surface area (Å²) in [6, 6.07) is -1.01. The topological polar surface area (TPSA) is 78.8 Å². The van der Waals surface area contributed by atoms with Crippen LogP contribution in [0.4, 0.5) is 0 Å². The highest BCUT2D eigenvalue weighted by Crippen LogP contribution is 2.10. The van der Waals surface area contributed by atoms with Crippen molar-refractivity contribution in [1.29, 1.82) is 0 Å². The largest absolute Gasteiger partial charge is 0.480 e. The molecule has 22 heavy (non-hydrogen) atoms. The van der Waals surface area contributed by atoms with Crippen molar-refractivity contribution in [2.24, 2.45) is 4.99 Å². The number of carbonyl (C=O) groups is 2. The van der Waals surface area contributed by atoms with Gasteiger partial charge in [-0.05, 0) is 18.6 Å². The third-order valence-corrected chi connectivity index (χ3v) is 3.61. The molecule has 0 fully saturated rings. The zero-order valence-electron chi connectivity index (χ0n) is 13.5. The predicted octanol–water partition coefficient (Wildman–Crippen LogP) is 3.58. The third-order valence-electron chi connectivity index (χ3n) is 3.48. The van der Waals surface area contributed by atoms with Gasteiger partial charge in [-0.25, -0.2) is 9.79 Å². The van der Waals surface area contributed by atoms with Gasteiger partial charge >= 0.3 is 5.97 Å². The van der Waals surface area contributed by atoms with Crippen LogP contribution in [0.2, 0.25) is 0 Å². The van der Waals surface area contributed by atoms with Crippen molar-refractivity contribution in [1.82, 2.24) is 5.32 Å². The van der Waals surface area contributed by atoms with Gasteiger partial charge in [0.2, 0.25) is 5.91 Å². The van der Waals surface area contributed by atoms with Crippen LogP contribution in [0.3, 0.4) is 0 Å². The molecule has 0 aliphatic carbocycles. The maximum atomic E-state index is 11.7. The number of aliphatic carboxylic acids is 1. The normalized spacial score (nSPS) is 11.5. The second kappa shape index (κ2) is 14.7. The molecule has 1 atom stereocenters. The Morgan fingerprint density at radius 1 is 1.09 bits per heavy atom. The molecular formula is C16H28N2O3S. The fourth-order valence-electron chi connectivity index (χ4n) is 2.18. The number of amides is 1. The summed E-state index contributed by atoms with van der Waals surface area (Å²) < 4.78 is 0. The van der Waals surface area contributed by atoms with Gasteiger partial charge in [-0.1, -0.05) is 58.3 Å². The van der Waals surface area contributed by atoms with Crippen molar-refractivity contribution in [2.75, 3.05) is 6.54 Å². The number of hydrogen-bond donors (Lipinski definition) is 2. The van der Waals surface area contributed by atoms with Crippen LogP contribution in [0.15, 0.2) is 4.99 Å². The summed E-state index contributed by atoms with van der Waals surface area (Å²) in [4.78, 5) is 26.2. The first-order chi connectivity index (χ1) is 10.6. The van der Waals surface area contributed by atoms with E-state index in [-0.39, 0.29) is 12.5 Å². The highest BCUT2D eigenvalue weighted by molar-refractivity contribution is 7.78. The fourth-order valence-corrected chi connectivity index (χ4v) is 2.25. The van der Waals surface area contributed by atoms with E-state index >= 15 is 0 Å². The van der Waals surface area contributed by atoms with E-state index < -0.39 is 12.0 Å². The Morgan fingerprint density at radius 2 is 1.64 bits per heavy atom. The van der Waals surface area contributed by atoms with E-state index in [1.165, 1.54) is 38.5 Å². The number of isothiocyanates is 1. The van der Waals surface area contributed by atoms with Crippen LogP contribution in [0.1, 0.15) is 71.1 Å². The van der Waals surface area contributed by atoms with Gasteiger partial charge in [0.05, 0.1) is 11.7 Å². The van der Waals surface area contributed by atoms with Crippen molar-refractivity contribution in [3.63, 3.8) is 0 Å². The van der Waals surface area contributed by atoms with E-state index in [1.807, 2.05) is 0 Å². The molecule has 0 aromatic rings. The molecule has 1 unspecified atom stereocenters. The van der Waals surface area contributed by atoms with E-state index in [4.69, 9.17) is 5.11 Å². The summed E-state index contributed by atoms with van der Waals surface area (Å²) in [7, 11) is 0. The molecule has 1 amide bonds. The monoisotopic (exact) mass is 328 g/mol. The summed E-state index contributed by atoms with van der Waals surface area (Å²) >= 11 is 4.39. The van der Waals surface area contributed by atoms with Crippen LogP contribution in [0.5, 0.6) is 0 Å². The van der Waals surface area contributed by atoms with Crippen LogP contribution in [0, 0.1) is 0 Å². The molecule has 0 aromatic heterocycles. The van der Waals surface area contributed by atoms with Gasteiger partial charge in [-0.2, -0.15) is 0 Å².